The first-order chi connectivity index (χ1) is 10.8. The SMILES string of the molecule is COC(=O)[C@]1(C)[NH2+][C@@H](c2cccc(F)c2)[C@H]2C(=O)N(C)C(=O)[C@@H]21. The molecule has 0 unspecified atom stereocenters. The molecule has 7 heteroatoms. The Labute approximate surface area is 132 Å². The van der Waals surface area contributed by atoms with Gasteiger partial charge in [-0.2, -0.15) is 0 Å². The number of carbonyl (C=O) groups is 3. The summed E-state index contributed by atoms with van der Waals surface area (Å²) < 4.78 is 18.4. The van der Waals surface area contributed by atoms with Gasteiger partial charge in [-0.3, -0.25) is 14.5 Å². The zero-order chi connectivity index (χ0) is 16.9. The number of quaternary nitrogens is 1. The van der Waals surface area contributed by atoms with Gasteiger partial charge in [0, 0.05) is 19.5 Å². The van der Waals surface area contributed by atoms with Crippen LogP contribution in [-0.2, 0) is 19.1 Å². The first kappa shape index (κ1) is 15.6. The maximum Gasteiger partial charge on any atom is 0.368 e. The van der Waals surface area contributed by atoms with Gasteiger partial charge in [0.25, 0.3) is 0 Å². The van der Waals surface area contributed by atoms with E-state index in [9.17, 15) is 18.8 Å². The van der Waals surface area contributed by atoms with Crippen LogP contribution in [0.15, 0.2) is 24.3 Å². The van der Waals surface area contributed by atoms with Crippen molar-refractivity contribution in [3.8, 4) is 0 Å². The van der Waals surface area contributed by atoms with E-state index in [2.05, 4.69) is 0 Å². The number of halogens is 1. The number of hydrogen-bond acceptors (Lipinski definition) is 4. The predicted octanol–water partition coefficient (Wildman–Crippen LogP) is -0.393. The number of methoxy groups -OCH3 is 1. The van der Waals surface area contributed by atoms with Crippen LogP contribution in [0.4, 0.5) is 4.39 Å². The molecule has 6 nitrogen and oxygen atoms in total. The molecule has 3 rings (SSSR count). The molecule has 0 aromatic heterocycles. The largest absolute Gasteiger partial charge is 0.464 e. The zero-order valence-electron chi connectivity index (χ0n) is 13.1. The zero-order valence-corrected chi connectivity index (χ0v) is 13.1. The number of nitrogens with two attached hydrogens (primary N) is 1. The van der Waals surface area contributed by atoms with E-state index in [1.165, 1.54) is 26.3 Å². The first-order valence-corrected chi connectivity index (χ1v) is 7.32. The minimum absolute atomic E-state index is 0.349. The fraction of sp³-hybridized carbons (Fsp3) is 0.438. The van der Waals surface area contributed by atoms with E-state index in [0.29, 0.717) is 5.56 Å². The molecule has 1 aromatic rings. The quantitative estimate of drug-likeness (QED) is 0.594. The third-order valence-corrected chi connectivity index (χ3v) is 4.99. The molecule has 0 spiro atoms. The number of esters is 1. The summed E-state index contributed by atoms with van der Waals surface area (Å²) in [5.74, 6) is -3.27. The van der Waals surface area contributed by atoms with Crippen molar-refractivity contribution in [2.45, 2.75) is 18.5 Å². The Morgan fingerprint density at radius 2 is 2.04 bits per heavy atom. The first-order valence-electron chi connectivity index (χ1n) is 7.32. The number of ether oxygens (including phenoxy) is 1. The minimum Gasteiger partial charge on any atom is -0.464 e. The van der Waals surface area contributed by atoms with Gasteiger partial charge in [-0.15, -0.1) is 0 Å². The van der Waals surface area contributed by atoms with Crippen LogP contribution in [-0.4, -0.2) is 42.4 Å². The molecule has 2 heterocycles. The summed E-state index contributed by atoms with van der Waals surface area (Å²) in [6.45, 7) is 1.60. The van der Waals surface area contributed by atoms with Crippen molar-refractivity contribution in [2.75, 3.05) is 14.2 Å². The fourth-order valence-corrected chi connectivity index (χ4v) is 3.84. The molecule has 4 atom stereocenters. The lowest BCUT2D eigenvalue weighted by Gasteiger charge is -2.24. The molecule has 2 fully saturated rings. The molecule has 2 amide bonds. The van der Waals surface area contributed by atoms with Crippen molar-refractivity contribution in [2.24, 2.45) is 11.8 Å². The Morgan fingerprint density at radius 1 is 1.35 bits per heavy atom. The maximum absolute atomic E-state index is 13.6. The number of amides is 2. The second-order valence-electron chi connectivity index (χ2n) is 6.26. The molecule has 0 bridgehead atoms. The summed E-state index contributed by atoms with van der Waals surface area (Å²) in [5.41, 5.74) is -0.641. The van der Waals surface area contributed by atoms with Gasteiger partial charge < -0.3 is 10.1 Å². The second kappa shape index (κ2) is 5.13. The molecular weight excluding hydrogens is 303 g/mol. The average Bonchev–Trinajstić information content (AvgIpc) is 2.97. The van der Waals surface area contributed by atoms with Crippen molar-refractivity contribution in [1.29, 1.82) is 0 Å². The monoisotopic (exact) mass is 321 g/mol. The summed E-state index contributed by atoms with van der Waals surface area (Å²) in [6, 6.07) is 5.37. The van der Waals surface area contributed by atoms with E-state index in [-0.39, 0.29) is 5.91 Å². The summed E-state index contributed by atoms with van der Waals surface area (Å²) in [5, 5.41) is 1.66. The maximum atomic E-state index is 13.6. The van der Waals surface area contributed by atoms with E-state index < -0.39 is 41.1 Å². The molecule has 122 valence electrons. The Balaban J connectivity index is 2.11. The number of fused-ring (bicyclic) bond motifs is 1. The Kier molecular flexibility index (Phi) is 3.48. The van der Waals surface area contributed by atoms with E-state index in [4.69, 9.17) is 4.74 Å². The van der Waals surface area contributed by atoms with Gasteiger partial charge in [-0.1, -0.05) is 12.1 Å². The van der Waals surface area contributed by atoms with Crippen LogP contribution in [0.2, 0.25) is 0 Å². The number of hydrogen-bond donors (Lipinski definition) is 1. The van der Waals surface area contributed by atoms with Gasteiger partial charge >= 0.3 is 5.97 Å². The molecule has 0 saturated carbocycles. The van der Waals surface area contributed by atoms with Crippen molar-refractivity contribution in [3.63, 3.8) is 0 Å². The van der Waals surface area contributed by atoms with Crippen molar-refractivity contribution in [3.05, 3.63) is 35.6 Å². The normalized spacial score (nSPS) is 33.0. The minimum atomic E-state index is -1.21. The predicted molar refractivity (Wildman–Crippen MR) is 76.2 cm³/mol. The van der Waals surface area contributed by atoms with Gasteiger partial charge in [0.2, 0.25) is 17.4 Å². The third-order valence-electron chi connectivity index (χ3n) is 4.99. The molecule has 23 heavy (non-hydrogen) atoms. The molecular formula is C16H18FN2O4+. The van der Waals surface area contributed by atoms with Crippen LogP contribution in [0.1, 0.15) is 18.5 Å². The van der Waals surface area contributed by atoms with Crippen molar-refractivity contribution in [1.82, 2.24) is 4.90 Å². The summed E-state index contributed by atoms with van der Waals surface area (Å²) in [7, 11) is 2.65. The lowest BCUT2D eigenvalue weighted by atomic mass is 9.80. The van der Waals surface area contributed by atoms with Gasteiger partial charge in [0.1, 0.15) is 23.7 Å². The van der Waals surface area contributed by atoms with Crippen LogP contribution in [0.3, 0.4) is 0 Å². The van der Waals surface area contributed by atoms with Crippen molar-refractivity contribution >= 4 is 17.8 Å². The van der Waals surface area contributed by atoms with Gasteiger partial charge in [-0.05, 0) is 12.1 Å². The highest BCUT2D eigenvalue weighted by molar-refractivity contribution is 6.08. The molecule has 0 aliphatic carbocycles. The van der Waals surface area contributed by atoms with Crippen LogP contribution >= 0.6 is 0 Å². The number of imide groups is 1. The molecule has 1 aromatic carbocycles. The number of nitrogens with zero attached hydrogens (tertiary/aromatic N) is 1. The standard InChI is InChI=1S/C16H17FN2O4/c1-16(15(22)23-3)11-10(13(20)19(2)14(11)21)12(18-16)8-5-4-6-9(17)7-8/h4-7,10-12,18H,1-3H3/p+1/t10-,11+,12-,16+/m0/s1. The highest BCUT2D eigenvalue weighted by Crippen LogP contribution is 2.43. The smallest absolute Gasteiger partial charge is 0.368 e. The number of rotatable bonds is 2. The number of carbonyl (C=O) groups excluding carboxylic acids is 3. The van der Waals surface area contributed by atoms with E-state index in [1.807, 2.05) is 0 Å². The van der Waals surface area contributed by atoms with Gasteiger partial charge in [-0.25, -0.2) is 9.18 Å². The lowest BCUT2D eigenvalue weighted by Crippen LogP contribution is -2.97. The number of benzene rings is 1. The Bertz CT molecular complexity index is 707. The van der Waals surface area contributed by atoms with Crippen LogP contribution in [0, 0.1) is 17.7 Å². The molecule has 2 aliphatic heterocycles. The lowest BCUT2D eigenvalue weighted by molar-refractivity contribution is -0.731. The van der Waals surface area contributed by atoms with Crippen LogP contribution < -0.4 is 5.32 Å². The average molecular weight is 321 g/mol. The van der Waals surface area contributed by atoms with Crippen LogP contribution in [0.5, 0.6) is 0 Å². The van der Waals surface area contributed by atoms with E-state index in [0.717, 1.165) is 4.90 Å². The van der Waals surface area contributed by atoms with E-state index >= 15 is 0 Å². The fourth-order valence-electron chi connectivity index (χ4n) is 3.84. The molecule has 0 radical (unpaired) electrons. The summed E-state index contributed by atoms with van der Waals surface area (Å²) >= 11 is 0. The van der Waals surface area contributed by atoms with Crippen LogP contribution in [0.25, 0.3) is 0 Å². The topological polar surface area (TPSA) is 80.3 Å². The van der Waals surface area contributed by atoms with E-state index in [1.54, 1.807) is 24.4 Å². The highest BCUT2D eigenvalue weighted by atomic mass is 19.1. The highest BCUT2D eigenvalue weighted by Gasteiger charge is 2.70. The summed E-state index contributed by atoms with van der Waals surface area (Å²) in [6.07, 6.45) is 0. The third kappa shape index (κ3) is 2.07. The number of likely N-dealkylation sites (tertiary alicyclic amines) is 1. The molecule has 2 N–H and O–H groups in total. The Morgan fingerprint density at radius 3 is 2.65 bits per heavy atom. The molecule has 2 saturated heterocycles. The van der Waals surface area contributed by atoms with Gasteiger partial charge in [0.05, 0.1) is 7.11 Å². The molecule has 2 aliphatic rings. The van der Waals surface area contributed by atoms with Crippen molar-refractivity contribution < 1.29 is 28.8 Å². The summed E-state index contributed by atoms with van der Waals surface area (Å²) in [4.78, 5) is 38.3. The van der Waals surface area contributed by atoms with Gasteiger partial charge in [0.15, 0.2) is 0 Å². The Hall–Kier alpha value is -2.28. The second-order valence-corrected chi connectivity index (χ2v) is 6.26.